The molecular formula is C25H24N4O2. The number of para-hydroxylation sites is 1. The van der Waals surface area contributed by atoms with E-state index in [1.54, 1.807) is 18.2 Å². The van der Waals surface area contributed by atoms with Gasteiger partial charge >= 0.3 is 0 Å². The molecule has 3 aromatic carbocycles. The maximum atomic E-state index is 12.4. The Bertz CT molecular complexity index is 1110. The first-order chi connectivity index (χ1) is 15.1. The lowest BCUT2D eigenvalue weighted by Gasteiger charge is -2.38. The molecule has 1 amide bonds. The summed E-state index contributed by atoms with van der Waals surface area (Å²) in [4.78, 5) is 14.8. The number of phenols is 1. The molecule has 3 N–H and O–H groups in total. The molecule has 0 radical (unpaired) electrons. The van der Waals surface area contributed by atoms with Gasteiger partial charge in [-0.3, -0.25) is 4.79 Å². The summed E-state index contributed by atoms with van der Waals surface area (Å²) in [5, 5.41) is 25.3. The van der Waals surface area contributed by atoms with Crippen LogP contribution in [0.3, 0.4) is 0 Å². The van der Waals surface area contributed by atoms with Crippen molar-refractivity contribution in [1.82, 2.24) is 5.32 Å². The second-order valence-electron chi connectivity index (χ2n) is 7.59. The molecule has 6 nitrogen and oxygen atoms in total. The van der Waals surface area contributed by atoms with Gasteiger partial charge in [0.1, 0.15) is 5.75 Å². The van der Waals surface area contributed by atoms with Gasteiger partial charge in [0.15, 0.2) is 0 Å². The van der Waals surface area contributed by atoms with E-state index in [1.807, 2.05) is 42.5 Å². The van der Waals surface area contributed by atoms with Crippen LogP contribution in [0.25, 0.3) is 0 Å². The van der Waals surface area contributed by atoms with Crippen molar-refractivity contribution in [2.45, 2.75) is 12.5 Å². The van der Waals surface area contributed by atoms with Crippen molar-refractivity contribution in [2.75, 3.05) is 29.9 Å². The van der Waals surface area contributed by atoms with Crippen LogP contribution in [0.15, 0.2) is 72.8 Å². The minimum absolute atomic E-state index is 0.0410. The lowest BCUT2D eigenvalue weighted by Crippen LogP contribution is -2.52. The molecule has 1 unspecified atom stereocenters. The van der Waals surface area contributed by atoms with Crippen molar-refractivity contribution >= 4 is 17.3 Å². The smallest absolute Gasteiger partial charge is 0.259 e. The highest BCUT2D eigenvalue weighted by Crippen LogP contribution is 2.24. The Morgan fingerprint density at radius 3 is 2.71 bits per heavy atom. The number of nitrogens with zero attached hydrogens (tertiary/aromatic N) is 2. The molecule has 6 heteroatoms. The summed E-state index contributed by atoms with van der Waals surface area (Å²) in [6.07, 6.45) is 0.842. The predicted octanol–water partition coefficient (Wildman–Crippen LogP) is 3.54. The molecule has 4 rings (SSSR count). The first kappa shape index (κ1) is 20.5. The Balaban J connectivity index is 1.47. The molecule has 1 saturated heterocycles. The van der Waals surface area contributed by atoms with Gasteiger partial charge in [-0.25, -0.2) is 0 Å². The molecule has 1 aliphatic rings. The number of carbonyl (C=O) groups is 1. The third-order valence-electron chi connectivity index (χ3n) is 5.48. The number of amides is 1. The maximum Gasteiger partial charge on any atom is 0.259 e. The number of hydrogen-bond donors (Lipinski definition) is 3. The fraction of sp³-hybridized carbons (Fsp3) is 0.200. The van der Waals surface area contributed by atoms with Gasteiger partial charge in [-0.2, -0.15) is 5.26 Å². The van der Waals surface area contributed by atoms with E-state index in [9.17, 15) is 9.90 Å². The average molecular weight is 412 g/mol. The number of piperazine rings is 1. The third-order valence-corrected chi connectivity index (χ3v) is 5.48. The van der Waals surface area contributed by atoms with Gasteiger partial charge in [0.05, 0.1) is 17.2 Å². The zero-order valence-electron chi connectivity index (χ0n) is 17.1. The summed E-state index contributed by atoms with van der Waals surface area (Å²) in [5.74, 6) is -0.385. The Labute approximate surface area is 181 Å². The minimum Gasteiger partial charge on any atom is -0.507 e. The zero-order valence-corrected chi connectivity index (χ0v) is 17.1. The molecule has 1 aliphatic heterocycles. The van der Waals surface area contributed by atoms with E-state index in [2.05, 4.69) is 27.7 Å². The van der Waals surface area contributed by atoms with Gasteiger partial charge in [0.25, 0.3) is 5.91 Å². The molecule has 3 aromatic rings. The molecule has 0 aliphatic carbocycles. The van der Waals surface area contributed by atoms with Crippen LogP contribution in [-0.2, 0) is 6.42 Å². The van der Waals surface area contributed by atoms with Crippen molar-refractivity contribution in [1.29, 1.82) is 5.26 Å². The van der Waals surface area contributed by atoms with E-state index in [4.69, 9.17) is 5.26 Å². The van der Waals surface area contributed by atoms with E-state index in [-0.39, 0.29) is 23.3 Å². The first-order valence-electron chi connectivity index (χ1n) is 10.3. The maximum absolute atomic E-state index is 12.4. The normalized spacial score (nSPS) is 15.8. The lowest BCUT2D eigenvalue weighted by molar-refractivity contribution is 0.102. The molecule has 0 bridgehead atoms. The molecule has 156 valence electrons. The van der Waals surface area contributed by atoms with Crippen LogP contribution in [0.4, 0.5) is 11.4 Å². The quantitative estimate of drug-likeness (QED) is 0.597. The van der Waals surface area contributed by atoms with Crippen LogP contribution in [0, 0.1) is 11.3 Å². The van der Waals surface area contributed by atoms with Gasteiger partial charge in [-0.05, 0) is 60.5 Å². The molecule has 1 heterocycles. The Morgan fingerprint density at radius 1 is 1.13 bits per heavy atom. The number of nitriles is 1. The topological polar surface area (TPSA) is 88.4 Å². The largest absolute Gasteiger partial charge is 0.507 e. The molecule has 0 spiro atoms. The highest BCUT2D eigenvalue weighted by atomic mass is 16.3. The number of carbonyl (C=O) groups excluding carboxylic acids is 1. The van der Waals surface area contributed by atoms with Crippen LogP contribution in [0.5, 0.6) is 5.75 Å². The van der Waals surface area contributed by atoms with Gasteiger partial charge in [0, 0.05) is 37.1 Å². The Morgan fingerprint density at radius 2 is 1.94 bits per heavy atom. The molecule has 1 fully saturated rings. The fourth-order valence-corrected chi connectivity index (χ4v) is 3.92. The number of hydrogen-bond acceptors (Lipinski definition) is 5. The second kappa shape index (κ2) is 9.33. The molecule has 31 heavy (non-hydrogen) atoms. The third kappa shape index (κ3) is 4.85. The zero-order chi connectivity index (χ0) is 21.6. The van der Waals surface area contributed by atoms with Crippen molar-refractivity contribution in [3.05, 3.63) is 89.5 Å². The van der Waals surface area contributed by atoms with Crippen LogP contribution >= 0.6 is 0 Å². The monoisotopic (exact) mass is 412 g/mol. The van der Waals surface area contributed by atoms with Crippen molar-refractivity contribution in [3.8, 4) is 11.8 Å². The summed E-state index contributed by atoms with van der Waals surface area (Å²) in [7, 11) is 0. The van der Waals surface area contributed by atoms with E-state index in [0.29, 0.717) is 11.3 Å². The summed E-state index contributed by atoms with van der Waals surface area (Å²) < 4.78 is 0. The lowest BCUT2D eigenvalue weighted by atomic mass is 10.0. The van der Waals surface area contributed by atoms with Crippen molar-refractivity contribution in [3.63, 3.8) is 0 Å². The average Bonchev–Trinajstić information content (AvgIpc) is 2.80. The van der Waals surface area contributed by atoms with E-state index >= 15 is 0 Å². The standard InChI is InChI=1S/C25H24N4O2/c26-16-19-5-3-4-18(14-19)15-22-17-27-12-13-29(22)21-10-8-20(9-11-21)28-25(31)23-6-1-2-7-24(23)30/h1-11,14,22,27,30H,12-13,15,17H2,(H,28,31). The highest BCUT2D eigenvalue weighted by molar-refractivity contribution is 6.06. The molecular weight excluding hydrogens is 388 g/mol. The number of phenolic OH excluding ortho intramolecular Hbond substituents is 1. The van der Waals surface area contributed by atoms with Crippen molar-refractivity contribution in [2.24, 2.45) is 0 Å². The molecule has 1 atom stereocenters. The van der Waals surface area contributed by atoms with E-state index in [0.717, 1.165) is 37.3 Å². The van der Waals surface area contributed by atoms with Crippen LogP contribution in [0.2, 0.25) is 0 Å². The number of rotatable bonds is 5. The van der Waals surface area contributed by atoms with Gasteiger partial charge in [-0.15, -0.1) is 0 Å². The summed E-state index contributed by atoms with van der Waals surface area (Å²) in [6, 6.07) is 24.5. The van der Waals surface area contributed by atoms with Gasteiger partial charge in [-0.1, -0.05) is 24.3 Å². The Hall–Kier alpha value is -3.82. The highest BCUT2D eigenvalue weighted by Gasteiger charge is 2.23. The number of nitrogens with one attached hydrogen (secondary N) is 2. The first-order valence-corrected chi connectivity index (χ1v) is 10.3. The fourth-order valence-electron chi connectivity index (χ4n) is 3.92. The van der Waals surface area contributed by atoms with Crippen LogP contribution in [0.1, 0.15) is 21.5 Å². The second-order valence-corrected chi connectivity index (χ2v) is 7.59. The van der Waals surface area contributed by atoms with Crippen LogP contribution in [-0.4, -0.2) is 36.7 Å². The summed E-state index contributed by atoms with van der Waals surface area (Å²) in [6.45, 7) is 2.65. The predicted molar refractivity (Wildman–Crippen MR) is 121 cm³/mol. The summed E-state index contributed by atoms with van der Waals surface area (Å²) >= 11 is 0. The SMILES string of the molecule is N#Cc1cccc(CC2CNCCN2c2ccc(NC(=O)c3ccccc3O)cc2)c1. The minimum atomic E-state index is -0.344. The number of aromatic hydroxyl groups is 1. The molecule has 0 aromatic heterocycles. The Kier molecular flexibility index (Phi) is 6.16. The van der Waals surface area contributed by atoms with Crippen molar-refractivity contribution < 1.29 is 9.90 Å². The van der Waals surface area contributed by atoms with Gasteiger partial charge in [0.2, 0.25) is 0 Å². The van der Waals surface area contributed by atoms with E-state index < -0.39 is 0 Å². The van der Waals surface area contributed by atoms with Crippen LogP contribution < -0.4 is 15.5 Å². The van der Waals surface area contributed by atoms with Gasteiger partial charge < -0.3 is 20.6 Å². The number of benzene rings is 3. The van der Waals surface area contributed by atoms with E-state index in [1.165, 1.54) is 6.07 Å². The molecule has 0 saturated carbocycles. The number of anilines is 2. The summed E-state index contributed by atoms with van der Waals surface area (Å²) in [5.41, 5.74) is 3.82.